The SMILES string of the molecule is CCOc1cc2c(cc1CNC(=O)c1ccc(CS(C)(=O)=O)cc1)O[C@H](C)C2. The van der Waals surface area contributed by atoms with E-state index in [1.54, 1.807) is 24.3 Å². The average molecular weight is 404 g/mol. The first-order valence-electron chi connectivity index (χ1n) is 9.25. The molecule has 6 nitrogen and oxygen atoms in total. The molecule has 150 valence electrons. The van der Waals surface area contributed by atoms with Gasteiger partial charge in [-0.05, 0) is 43.7 Å². The Morgan fingerprint density at radius 3 is 2.61 bits per heavy atom. The zero-order valence-corrected chi connectivity index (χ0v) is 17.1. The zero-order valence-electron chi connectivity index (χ0n) is 16.3. The fourth-order valence-electron chi connectivity index (χ4n) is 3.24. The quantitative estimate of drug-likeness (QED) is 0.769. The topological polar surface area (TPSA) is 81.7 Å². The van der Waals surface area contributed by atoms with Gasteiger partial charge in [0.25, 0.3) is 5.91 Å². The monoisotopic (exact) mass is 403 g/mol. The van der Waals surface area contributed by atoms with Crippen LogP contribution >= 0.6 is 0 Å². The fraction of sp³-hybridized carbons (Fsp3) is 0.381. The third-order valence-electron chi connectivity index (χ3n) is 4.46. The molecular formula is C21H25NO5S. The van der Waals surface area contributed by atoms with Gasteiger partial charge in [0.15, 0.2) is 9.84 Å². The molecule has 1 N–H and O–H groups in total. The molecule has 28 heavy (non-hydrogen) atoms. The average Bonchev–Trinajstić information content (AvgIpc) is 2.98. The van der Waals surface area contributed by atoms with Crippen molar-refractivity contribution in [2.75, 3.05) is 12.9 Å². The van der Waals surface area contributed by atoms with E-state index in [0.29, 0.717) is 24.3 Å². The summed E-state index contributed by atoms with van der Waals surface area (Å²) in [5, 5.41) is 2.89. The highest BCUT2D eigenvalue weighted by molar-refractivity contribution is 7.89. The van der Waals surface area contributed by atoms with Gasteiger partial charge in [0.1, 0.15) is 17.6 Å². The Morgan fingerprint density at radius 1 is 1.25 bits per heavy atom. The van der Waals surface area contributed by atoms with Gasteiger partial charge in [-0.25, -0.2) is 8.42 Å². The lowest BCUT2D eigenvalue weighted by Crippen LogP contribution is -2.23. The molecule has 0 fully saturated rings. The van der Waals surface area contributed by atoms with E-state index in [9.17, 15) is 13.2 Å². The highest BCUT2D eigenvalue weighted by atomic mass is 32.2. The highest BCUT2D eigenvalue weighted by Gasteiger charge is 2.22. The van der Waals surface area contributed by atoms with E-state index in [1.165, 1.54) is 6.26 Å². The second-order valence-corrected chi connectivity index (χ2v) is 9.22. The molecule has 7 heteroatoms. The van der Waals surface area contributed by atoms with Crippen LogP contribution in [0.1, 0.15) is 40.9 Å². The number of hydrogen-bond donors (Lipinski definition) is 1. The van der Waals surface area contributed by atoms with Gasteiger partial charge in [-0.15, -0.1) is 0 Å². The molecule has 0 saturated heterocycles. The molecule has 1 heterocycles. The van der Waals surface area contributed by atoms with E-state index < -0.39 is 9.84 Å². The lowest BCUT2D eigenvalue weighted by atomic mass is 10.1. The molecule has 3 rings (SSSR count). The van der Waals surface area contributed by atoms with E-state index in [-0.39, 0.29) is 17.8 Å². The molecule has 0 radical (unpaired) electrons. The summed E-state index contributed by atoms with van der Waals surface area (Å²) < 4.78 is 34.3. The van der Waals surface area contributed by atoms with Crippen molar-refractivity contribution >= 4 is 15.7 Å². The highest BCUT2D eigenvalue weighted by Crippen LogP contribution is 2.35. The fourth-order valence-corrected chi connectivity index (χ4v) is 4.04. The molecule has 2 aromatic carbocycles. The molecule has 0 aromatic heterocycles. The molecule has 1 amide bonds. The second-order valence-electron chi connectivity index (χ2n) is 7.08. The normalized spacial score (nSPS) is 15.6. The smallest absolute Gasteiger partial charge is 0.251 e. The van der Waals surface area contributed by atoms with Crippen molar-refractivity contribution in [2.45, 2.75) is 38.7 Å². The van der Waals surface area contributed by atoms with Crippen LogP contribution in [-0.4, -0.2) is 33.3 Å². The maximum absolute atomic E-state index is 12.5. The first kappa shape index (κ1) is 20.2. The van der Waals surface area contributed by atoms with Crippen molar-refractivity contribution in [3.63, 3.8) is 0 Å². The molecule has 0 bridgehead atoms. The summed E-state index contributed by atoms with van der Waals surface area (Å²) in [4.78, 5) is 12.5. The lowest BCUT2D eigenvalue weighted by molar-refractivity contribution is 0.0950. The molecule has 0 spiro atoms. The Kier molecular flexibility index (Phi) is 5.93. The van der Waals surface area contributed by atoms with Crippen LogP contribution in [0, 0.1) is 0 Å². The number of nitrogens with one attached hydrogen (secondary N) is 1. The number of benzene rings is 2. The van der Waals surface area contributed by atoms with E-state index in [1.807, 2.05) is 26.0 Å². The van der Waals surface area contributed by atoms with Gasteiger partial charge in [-0.3, -0.25) is 4.79 Å². The standard InChI is InChI=1S/C21H25NO5S/c1-4-26-19-10-17-9-14(2)27-20(17)11-18(19)12-22-21(23)16-7-5-15(6-8-16)13-28(3,24)25/h5-8,10-11,14H,4,9,12-13H2,1-3H3,(H,22,23)/t14-/m1/s1. The van der Waals surface area contributed by atoms with Gasteiger partial charge in [0.2, 0.25) is 0 Å². The Morgan fingerprint density at radius 2 is 1.96 bits per heavy atom. The first-order valence-corrected chi connectivity index (χ1v) is 11.3. The predicted molar refractivity (Wildman–Crippen MR) is 108 cm³/mol. The van der Waals surface area contributed by atoms with Gasteiger partial charge >= 0.3 is 0 Å². The summed E-state index contributed by atoms with van der Waals surface area (Å²) in [5.74, 6) is 1.32. The molecule has 1 aliphatic rings. The molecule has 0 unspecified atom stereocenters. The Labute approximate surface area is 165 Å². The van der Waals surface area contributed by atoms with E-state index in [4.69, 9.17) is 9.47 Å². The number of fused-ring (bicyclic) bond motifs is 1. The van der Waals surface area contributed by atoms with E-state index in [0.717, 1.165) is 29.0 Å². The van der Waals surface area contributed by atoms with Crippen molar-refractivity contribution in [3.8, 4) is 11.5 Å². The summed E-state index contributed by atoms with van der Waals surface area (Å²) >= 11 is 0. The maximum Gasteiger partial charge on any atom is 0.251 e. The minimum atomic E-state index is -3.10. The summed E-state index contributed by atoms with van der Waals surface area (Å²) in [6, 6.07) is 10.5. The number of amides is 1. The number of sulfone groups is 1. The van der Waals surface area contributed by atoms with E-state index in [2.05, 4.69) is 5.32 Å². The van der Waals surface area contributed by atoms with Crippen LogP contribution in [0.15, 0.2) is 36.4 Å². The van der Waals surface area contributed by atoms with Crippen molar-refractivity contribution in [1.82, 2.24) is 5.32 Å². The second kappa shape index (κ2) is 8.22. The van der Waals surface area contributed by atoms with Gasteiger partial charge in [-0.1, -0.05) is 12.1 Å². The van der Waals surface area contributed by atoms with Crippen LogP contribution in [0.4, 0.5) is 0 Å². The molecular weight excluding hydrogens is 378 g/mol. The van der Waals surface area contributed by atoms with Crippen molar-refractivity contribution in [3.05, 3.63) is 58.7 Å². The number of rotatable bonds is 7. The van der Waals surface area contributed by atoms with Gasteiger partial charge in [-0.2, -0.15) is 0 Å². The summed E-state index contributed by atoms with van der Waals surface area (Å²) in [6.45, 7) is 4.80. The minimum Gasteiger partial charge on any atom is -0.494 e. The Balaban J connectivity index is 1.70. The molecule has 0 saturated carbocycles. The van der Waals surface area contributed by atoms with Crippen LogP contribution in [0.5, 0.6) is 11.5 Å². The summed E-state index contributed by atoms with van der Waals surface area (Å²) in [6.07, 6.45) is 2.17. The van der Waals surface area contributed by atoms with Gasteiger partial charge in [0, 0.05) is 35.9 Å². The van der Waals surface area contributed by atoms with Crippen LogP contribution in [-0.2, 0) is 28.6 Å². The summed E-state index contributed by atoms with van der Waals surface area (Å²) in [7, 11) is -3.10. The Bertz CT molecular complexity index is 967. The third-order valence-corrected chi connectivity index (χ3v) is 5.32. The maximum atomic E-state index is 12.5. The third kappa shape index (κ3) is 5.04. The molecule has 1 atom stereocenters. The number of carbonyl (C=O) groups excluding carboxylic acids is 1. The zero-order chi connectivity index (χ0) is 20.3. The van der Waals surface area contributed by atoms with Crippen LogP contribution in [0.3, 0.4) is 0 Å². The minimum absolute atomic E-state index is 0.0415. The largest absolute Gasteiger partial charge is 0.494 e. The summed E-state index contributed by atoms with van der Waals surface area (Å²) in [5.41, 5.74) is 3.10. The number of ether oxygens (including phenoxy) is 2. The molecule has 0 aliphatic carbocycles. The van der Waals surface area contributed by atoms with Crippen molar-refractivity contribution < 1.29 is 22.7 Å². The predicted octanol–water partition coefficient (Wildman–Crippen LogP) is 2.88. The van der Waals surface area contributed by atoms with E-state index >= 15 is 0 Å². The van der Waals surface area contributed by atoms with Crippen molar-refractivity contribution in [2.24, 2.45) is 0 Å². The van der Waals surface area contributed by atoms with Gasteiger partial charge < -0.3 is 14.8 Å². The Hall–Kier alpha value is -2.54. The molecule has 2 aromatic rings. The lowest BCUT2D eigenvalue weighted by Gasteiger charge is -2.13. The van der Waals surface area contributed by atoms with Crippen molar-refractivity contribution in [1.29, 1.82) is 0 Å². The van der Waals surface area contributed by atoms with Crippen LogP contribution in [0.2, 0.25) is 0 Å². The first-order chi connectivity index (χ1) is 13.2. The van der Waals surface area contributed by atoms with Gasteiger partial charge in [0.05, 0.1) is 12.4 Å². The number of hydrogen-bond acceptors (Lipinski definition) is 5. The number of carbonyl (C=O) groups is 1. The van der Waals surface area contributed by atoms with Crippen LogP contribution in [0.25, 0.3) is 0 Å². The molecule has 1 aliphatic heterocycles. The van der Waals surface area contributed by atoms with Crippen LogP contribution < -0.4 is 14.8 Å².